The van der Waals surface area contributed by atoms with E-state index in [0.717, 1.165) is 5.75 Å². The lowest BCUT2D eigenvalue weighted by Crippen LogP contribution is -1.99. The average Bonchev–Trinajstić information content (AvgIpc) is 2.65. The van der Waals surface area contributed by atoms with Gasteiger partial charge in [-0.1, -0.05) is 29.8 Å². The van der Waals surface area contributed by atoms with Crippen LogP contribution < -0.4 is 10.1 Å². The maximum absolute atomic E-state index is 5.96. The number of rotatable bonds is 4. The van der Waals surface area contributed by atoms with Crippen LogP contribution in [-0.2, 0) is 0 Å². The van der Waals surface area contributed by atoms with Crippen molar-refractivity contribution in [1.82, 2.24) is 19.9 Å². The minimum absolute atomic E-state index is 0.380. The Kier molecular flexibility index (Phi) is 4.10. The van der Waals surface area contributed by atoms with Crippen LogP contribution in [0.15, 0.2) is 67.1 Å². The Bertz CT molecular complexity index is 1010. The van der Waals surface area contributed by atoms with Gasteiger partial charge < -0.3 is 10.1 Å². The van der Waals surface area contributed by atoms with Crippen molar-refractivity contribution in [2.75, 3.05) is 5.32 Å². The van der Waals surface area contributed by atoms with Gasteiger partial charge in [-0.2, -0.15) is 0 Å². The smallest absolute Gasteiger partial charge is 0.161 e. The van der Waals surface area contributed by atoms with Gasteiger partial charge >= 0.3 is 0 Å². The molecule has 1 aromatic carbocycles. The highest BCUT2D eigenvalue weighted by molar-refractivity contribution is 6.29. The van der Waals surface area contributed by atoms with E-state index < -0.39 is 0 Å². The van der Waals surface area contributed by atoms with Crippen molar-refractivity contribution in [1.29, 1.82) is 0 Å². The second kappa shape index (κ2) is 6.70. The van der Waals surface area contributed by atoms with E-state index in [1.165, 1.54) is 6.33 Å². The normalized spacial score (nSPS) is 10.6. The first-order valence-electron chi connectivity index (χ1n) is 7.51. The van der Waals surface area contributed by atoms with Crippen molar-refractivity contribution < 1.29 is 4.74 Å². The van der Waals surface area contributed by atoms with Gasteiger partial charge in [0.25, 0.3) is 0 Å². The summed E-state index contributed by atoms with van der Waals surface area (Å²) in [5.74, 6) is 2.55. The van der Waals surface area contributed by atoms with Crippen LogP contribution in [0, 0.1) is 0 Å². The van der Waals surface area contributed by atoms with Crippen LogP contribution >= 0.6 is 11.6 Å². The highest BCUT2D eigenvalue weighted by Crippen LogP contribution is 2.24. The van der Waals surface area contributed by atoms with Gasteiger partial charge in [0.2, 0.25) is 0 Å². The monoisotopic (exact) mass is 349 g/mol. The van der Waals surface area contributed by atoms with Crippen molar-refractivity contribution in [3.8, 4) is 11.5 Å². The first-order chi connectivity index (χ1) is 12.3. The number of hydrogen-bond acceptors (Lipinski definition) is 6. The van der Waals surface area contributed by atoms with E-state index in [1.807, 2.05) is 36.4 Å². The molecule has 3 heterocycles. The van der Waals surface area contributed by atoms with Gasteiger partial charge in [0.15, 0.2) is 5.82 Å². The molecule has 0 fully saturated rings. The standard InChI is InChI=1S/C18H12ClN5O/c19-15-8-7-14-17(23-15)18(22-11-21-14)24-16-9-6-13(10-20-16)25-12-4-2-1-3-5-12/h1-11H,(H,20,21,22,24). The fourth-order valence-electron chi connectivity index (χ4n) is 2.27. The van der Waals surface area contributed by atoms with Crippen LogP contribution in [0.2, 0.25) is 5.15 Å². The van der Waals surface area contributed by atoms with Crippen LogP contribution in [0.3, 0.4) is 0 Å². The second-order valence-electron chi connectivity index (χ2n) is 5.14. The van der Waals surface area contributed by atoms with Crippen molar-refractivity contribution in [3.63, 3.8) is 0 Å². The zero-order valence-corrected chi connectivity index (χ0v) is 13.7. The van der Waals surface area contributed by atoms with Crippen LogP contribution in [0.25, 0.3) is 11.0 Å². The molecule has 4 aromatic rings. The van der Waals surface area contributed by atoms with E-state index in [9.17, 15) is 0 Å². The van der Waals surface area contributed by atoms with Gasteiger partial charge in [-0.3, -0.25) is 0 Å². The quantitative estimate of drug-likeness (QED) is 0.542. The summed E-state index contributed by atoms with van der Waals surface area (Å²) in [7, 11) is 0. The molecule has 122 valence electrons. The van der Waals surface area contributed by atoms with E-state index in [0.29, 0.717) is 33.6 Å². The largest absolute Gasteiger partial charge is 0.456 e. The first kappa shape index (κ1) is 15.3. The Morgan fingerprint density at radius 3 is 2.52 bits per heavy atom. The molecule has 3 aromatic heterocycles. The third kappa shape index (κ3) is 3.49. The van der Waals surface area contributed by atoms with E-state index in [4.69, 9.17) is 16.3 Å². The number of pyridine rings is 2. The number of nitrogens with zero attached hydrogens (tertiary/aromatic N) is 4. The number of ether oxygens (including phenoxy) is 1. The van der Waals surface area contributed by atoms with Crippen molar-refractivity contribution in [2.24, 2.45) is 0 Å². The topological polar surface area (TPSA) is 72.8 Å². The number of hydrogen-bond donors (Lipinski definition) is 1. The van der Waals surface area contributed by atoms with E-state index in [-0.39, 0.29) is 0 Å². The van der Waals surface area contributed by atoms with Gasteiger partial charge in [0.05, 0.1) is 11.7 Å². The molecule has 6 nitrogen and oxygen atoms in total. The molecule has 4 rings (SSSR count). The molecule has 25 heavy (non-hydrogen) atoms. The van der Waals surface area contributed by atoms with E-state index in [1.54, 1.807) is 24.4 Å². The molecule has 0 saturated heterocycles. The molecular weight excluding hydrogens is 338 g/mol. The Balaban J connectivity index is 1.56. The summed E-state index contributed by atoms with van der Waals surface area (Å²) >= 11 is 5.96. The van der Waals surface area contributed by atoms with Crippen molar-refractivity contribution in [3.05, 3.63) is 72.3 Å². The average molecular weight is 350 g/mol. The summed E-state index contributed by atoms with van der Waals surface area (Å²) in [6.07, 6.45) is 3.10. The Morgan fingerprint density at radius 1 is 0.840 bits per heavy atom. The summed E-state index contributed by atoms with van der Waals surface area (Å²) in [5.41, 5.74) is 1.28. The molecular formula is C18H12ClN5O. The lowest BCUT2D eigenvalue weighted by Gasteiger charge is -2.08. The van der Waals surface area contributed by atoms with Gasteiger partial charge in [-0.25, -0.2) is 19.9 Å². The van der Waals surface area contributed by atoms with Crippen LogP contribution in [-0.4, -0.2) is 19.9 Å². The molecule has 7 heteroatoms. The van der Waals surface area contributed by atoms with Gasteiger partial charge in [0.1, 0.15) is 34.3 Å². The number of benzene rings is 1. The Hall–Kier alpha value is -3.25. The molecule has 0 atom stereocenters. The Labute approximate surface area is 148 Å². The molecule has 1 N–H and O–H groups in total. The Morgan fingerprint density at radius 2 is 1.72 bits per heavy atom. The third-order valence-electron chi connectivity index (χ3n) is 3.41. The fraction of sp³-hybridized carbons (Fsp3) is 0. The van der Waals surface area contributed by atoms with Crippen molar-refractivity contribution in [2.45, 2.75) is 0 Å². The highest BCUT2D eigenvalue weighted by atomic mass is 35.5. The number of aromatic nitrogens is 4. The fourth-order valence-corrected chi connectivity index (χ4v) is 2.42. The van der Waals surface area contributed by atoms with Crippen LogP contribution in [0.5, 0.6) is 11.5 Å². The molecule has 0 saturated carbocycles. The summed E-state index contributed by atoms with van der Waals surface area (Å²) in [6.45, 7) is 0. The summed E-state index contributed by atoms with van der Waals surface area (Å²) < 4.78 is 5.72. The molecule has 0 radical (unpaired) electrons. The molecule has 0 aliphatic heterocycles. The first-order valence-corrected chi connectivity index (χ1v) is 7.89. The summed E-state index contributed by atoms with van der Waals surface area (Å²) in [5, 5.41) is 3.51. The molecule has 0 aliphatic rings. The van der Waals surface area contributed by atoms with Gasteiger partial charge in [-0.15, -0.1) is 0 Å². The summed E-state index contributed by atoms with van der Waals surface area (Å²) in [6, 6.07) is 16.6. The number of para-hydroxylation sites is 1. The molecule has 0 spiro atoms. The zero-order valence-electron chi connectivity index (χ0n) is 12.9. The molecule has 0 amide bonds. The van der Waals surface area contributed by atoms with Crippen LogP contribution in [0.4, 0.5) is 11.6 Å². The predicted molar refractivity (Wildman–Crippen MR) is 96.4 cm³/mol. The molecule has 0 bridgehead atoms. The number of fused-ring (bicyclic) bond motifs is 1. The molecule has 0 aliphatic carbocycles. The SMILES string of the molecule is Clc1ccc2ncnc(Nc3ccc(Oc4ccccc4)cn3)c2n1. The minimum Gasteiger partial charge on any atom is -0.456 e. The minimum atomic E-state index is 0.380. The number of nitrogens with one attached hydrogen (secondary N) is 1. The van der Waals surface area contributed by atoms with E-state index in [2.05, 4.69) is 25.3 Å². The lowest BCUT2D eigenvalue weighted by molar-refractivity contribution is 0.480. The van der Waals surface area contributed by atoms with Crippen LogP contribution in [0.1, 0.15) is 0 Å². The predicted octanol–water partition coefficient (Wildman–Crippen LogP) is 4.61. The lowest BCUT2D eigenvalue weighted by atomic mass is 10.3. The van der Waals surface area contributed by atoms with Gasteiger partial charge in [-0.05, 0) is 36.4 Å². The van der Waals surface area contributed by atoms with Crippen molar-refractivity contribution >= 4 is 34.3 Å². The number of anilines is 2. The van der Waals surface area contributed by atoms with Gasteiger partial charge in [0, 0.05) is 0 Å². The highest BCUT2D eigenvalue weighted by Gasteiger charge is 2.07. The second-order valence-corrected chi connectivity index (χ2v) is 5.53. The maximum atomic E-state index is 5.96. The molecule has 0 unspecified atom stereocenters. The third-order valence-corrected chi connectivity index (χ3v) is 3.62. The summed E-state index contributed by atoms with van der Waals surface area (Å²) in [4.78, 5) is 17.0. The van der Waals surface area contributed by atoms with E-state index >= 15 is 0 Å². The maximum Gasteiger partial charge on any atom is 0.161 e. The number of halogens is 1. The zero-order chi connectivity index (χ0) is 17.1.